The van der Waals surface area contributed by atoms with Crippen LogP contribution in [0.4, 0.5) is 5.69 Å². The fourth-order valence-electron chi connectivity index (χ4n) is 2.15. The summed E-state index contributed by atoms with van der Waals surface area (Å²) in [5.41, 5.74) is 0.706. The lowest BCUT2D eigenvalue weighted by molar-refractivity contribution is 0.0940. The number of carbonyl (C=O) groups excluding carboxylic acids is 1. The van der Waals surface area contributed by atoms with Crippen molar-refractivity contribution in [3.05, 3.63) is 33.2 Å². The predicted molar refractivity (Wildman–Crippen MR) is 81.2 cm³/mol. The van der Waals surface area contributed by atoms with Crippen molar-refractivity contribution in [3.63, 3.8) is 0 Å². The monoisotopic (exact) mass is 355 g/mol. The van der Waals surface area contributed by atoms with Crippen molar-refractivity contribution in [1.82, 2.24) is 9.78 Å². The van der Waals surface area contributed by atoms with E-state index in [1.54, 1.807) is 12.3 Å². The summed E-state index contributed by atoms with van der Waals surface area (Å²) in [5, 5.41) is 7.09. The predicted octanol–water partition coefficient (Wildman–Crippen LogP) is 3.14. The topological polar surface area (TPSA) is 56.2 Å². The molecule has 0 aromatic carbocycles. The number of aromatic nitrogens is 2. The SMILES string of the molecule is O=C(Nc1cnn(CC2CCCO2)c1)c1ccc(Br)s1. The summed E-state index contributed by atoms with van der Waals surface area (Å²) in [4.78, 5) is 12.7. The van der Waals surface area contributed by atoms with Gasteiger partial charge in [0, 0.05) is 12.8 Å². The Balaban J connectivity index is 1.60. The standard InChI is InChI=1S/C13H14BrN3O2S/c14-12-4-3-11(20-12)13(18)16-9-6-15-17(7-9)8-10-2-1-5-19-10/h3-4,6-7,10H,1-2,5,8H2,(H,16,18). The molecular weight excluding hydrogens is 342 g/mol. The quantitative estimate of drug-likeness (QED) is 0.916. The minimum atomic E-state index is -0.114. The van der Waals surface area contributed by atoms with Crippen molar-refractivity contribution in [2.24, 2.45) is 0 Å². The van der Waals surface area contributed by atoms with Gasteiger partial charge in [-0.15, -0.1) is 11.3 Å². The Hall–Kier alpha value is -1.18. The summed E-state index contributed by atoms with van der Waals surface area (Å²) in [6.45, 7) is 1.57. The zero-order chi connectivity index (χ0) is 13.9. The van der Waals surface area contributed by atoms with Crippen LogP contribution in [0.2, 0.25) is 0 Å². The van der Waals surface area contributed by atoms with E-state index in [4.69, 9.17) is 4.74 Å². The lowest BCUT2D eigenvalue weighted by Crippen LogP contribution is -2.15. The van der Waals surface area contributed by atoms with E-state index in [0.717, 1.165) is 29.8 Å². The Kier molecular flexibility index (Phi) is 4.18. The van der Waals surface area contributed by atoms with E-state index in [1.807, 2.05) is 16.9 Å². The van der Waals surface area contributed by atoms with Gasteiger partial charge in [0.05, 0.1) is 33.2 Å². The van der Waals surface area contributed by atoms with E-state index >= 15 is 0 Å². The highest BCUT2D eigenvalue weighted by atomic mass is 79.9. The minimum Gasteiger partial charge on any atom is -0.376 e. The molecule has 2 aromatic rings. The molecule has 1 aliphatic heterocycles. The van der Waals surface area contributed by atoms with Crippen LogP contribution in [0, 0.1) is 0 Å². The van der Waals surface area contributed by atoms with Crippen LogP contribution in [-0.4, -0.2) is 28.4 Å². The van der Waals surface area contributed by atoms with Gasteiger partial charge in [-0.25, -0.2) is 0 Å². The van der Waals surface area contributed by atoms with Crippen LogP contribution >= 0.6 is 27.3 Å². The van der Waals surface area contributed by atoms with E-state index in [-0.39, 0.29) is 12.0 Å². The highest BCUT2D eigenvalue weighted by Gasteiger charge is 2.17. The van der Waals surface area contributed by atoms with Crippen LogP contribution in [0.1, 0.15) is 22.5 Å². The van der Waals surface area contributed by atoms with Crippen molar-refractivity contribution in [2.75, 3.05) is 11.9 Å². The molecule has 0 aliphatic carbocycles. The second kappa shape index (κ2) is 6.07. The van der Waals surface area contributed by atoms with Gasteiger partial charge in [0.2, 0.25) is 0 Å². The molecule has 0 radical (unpaired) electrons. The smallest absolute Gasteiger partial charge is 0.265 e. The van der Waals surface area contributed by atoms with Gasteiger partial charge in [0.25, 0.3) is 5.91 Å². The molecule has 0 saturated carbocycles. The van der Waals surface area contributed by atoms with Crippen LogP contribution in [0.3, 0.4) is 0 Å². The lowest BCUT2D eigenvalue weighted by Gasteiger charge is -2.08. The van der Waals surface area contributed by atoms with Crippen molar-refractivity contribution in [1.29, 1.82) is 0 Å². The average molecular weight is 356 g/mol. The second-order valence-corrected chi connectivity index (χ2v) is 7.11. The molecule has 1 atom stereocenters. The van der Waals surface area contributed by atoms with Gasteiger partial charge < -0.3 is 10.1 Å². The molecule has 2 aromatic heterocycles. The van der Waals surface area contributed by atoms with Crippen molar-refractivity contribution in [3.8, 4) is 0 Å². The third kappa shape index (κ3) is 3.28. The van der Waals surface area contributed by atoms with Crippen LogP contribution < -0.4 is 5.32 Å². The molecule has 1 N–H and O–H groups in total. The Labute approximate surface area is 129 Å². The van der Waals surface area contributed by atoms with Gasteiger partial charge in [0.1, 0.15) is 0 Å². The Bertz CT molecular complexity index is 604. The lowest BCUT2D eigenvalue weighted by atomic mass is 10.2. The Morgan fingerprint density at radius 1 is 1.60 bits per heavy atom. The zero-order valence-corrected chi connectivity index (χ0v) is 13.1. The number of halogens is 1. The first-order valence-electron chi connectivity index (χ1n) is 6.41. The molecule has 106 valence electrons. The van der Waals surface area contributed by atoms with E-state index in [9.17, 15) is 4.79 Å². The summed E-state index contributed by atoms with van der Waals surface area (Å²) in [5.74, 6) is -0.114. The largest absolute Gasteiger partial charge is 0.376 e. The number of nitrogens with zero attached hydrogens (tertiary/aromatic N) is 2. The third-order valence-electron chi connectivity index (χ3n) is 3.10. The molecule has 1 fully saturated rings. The number of nitrogens with one attached hydrogen (secondary N) is 1. The van der Waals surface area contributed by atoms with Crippen LogP contribution in [0.15, 0.2) is 28.3 Å². The molecular formula is C13H14BrN3O2S. The van der Waals surface area contributed by atoms with Gasteiger partial charge in [-0.2, -0.15) is 5.10 Å². The highest BCUT2D eigenvalue weighted by Crippen LogP contribution is 2.23. The van der Waals surface area contributed by atoms with E-state index in [2.05, 4.69) is 26.3 Å². The van der Waals surface area contributed by atoms with Crippen LogP contribution in [-0.2, 0) is 11.3 Å². The second-order valence-electron chi connectivity index (χ2n) is 4.64. The summed E-state index contributed by atoms with van der Waals surface area (Å²) in [6.07, 6.45) is 5.93. The van der Waals surface area contributed by atoms with Gasteiger partial charge in [0.15, 0.2) is 0 Å². The van der Waals surface area contributed by atoms with Gasteiger partial charge in [-0.1, -0.05) is 0 Å². The molecule has 5 nitrogen and oxygen atoms in total. The molecule has 1 unspecified atom stereocenters. The molecule has 0 spiro atoms. The maximum Gasteiger partial charge on any atom is 0.265 e. The maximum absolute atomic E-state index is 12.0. The molecule has 3 heterocycles. The summed E-state index contributed by atoms with van der Waals surface area (Å²) in [7, 11) is 0. The molecule has 3 rings (SSSR count). The number of thiophene rings is 1. The van der Waals surface area contributed by atoms with Crippen molar-refractivity contribution >= 4 is 38.9 Å². The molecule has 1 amide bonds. The summed E-state index contributed by atoms with van der Waals surface area (Å²) >= 11 is 4.75. The molecule has 1 aliphatic rings. The zero-order valence-electron chi connectivity index (χ0n) is 10.7. The Morgan fingerprint density at radius 2 is 2.50 bits per heavy atom. The maximum atomic E-state index is 12.0. The average Bonchev–Trinajstić information content (AvgIpc) is 3.13. The highest BCUT2D eigenvalue weighted by molar-refractivity contribution is 9.11. The Morgan fingerprint density at radius 3 is 3.20 bits per heavy atom. The van der Waals surface area contributed by atoms with E-state index in [0.29, 0.717) is 10.6 Å². The fraction of sp³-hybridized carbons (Fsp3) is 0.385. The number of carbonyl (C=O) groups is 1. The van der Waals surface area contributed by atoms with Gasteiger partial charge in [-0.3, -0.25) is 9.48 Å². The molecule has 7 heteroatoms. The number of hydrogen-bond donors (Lipinski definition) is 1. The first kappa shape index (κ1) is 13.8. The van der Waals surface area contributed by atoms with Crippen LogP contribution in [0.25, 0.3) is 0 Å². The normalized spacial score (nSPS) is 18.4. The number of hydrogen-bond acceptors (Lipinski definition) is 4. The van der Waals surface area contributed by atoms with Crippen molar-refractivity contribution in [2.45, 2.75) is 25.5 Å². The fourth-order valence-corrected chi connectivity index (χ4v) is 3.44. The summed E-state index contributed by atoms with van der Waals surface area (Å²) < 4.78 is 8.32. The number of ether oxygens (including phenoxy) is 1. The van der Waals surface area contributed by atoms with Gasteiger partial charge >= 0.3 is 0 Å². The van der Waals surface area contributed by atoms with E-state index < -0.39 is 0 Å². The number of anilines is 1. The van der Waals surface area contributed by atoms with E-state index in [1.165, 1.54) is 11.3 Å². The third-order valence-corrected chi connectivity index (χ3v) is 4.73. The minimum absolute atomic E-state index is 0.114. The molecule has 0 bridgehead atoms. The number of amides is 1. The molecule has 20 heavy (non-hydrogen) atoms. The molecule has 1 saturated heterocycles. The first-order valence-corrected chi connectivity index (χ1v) is 8.02. The van der Waals surface area contributed by atoms with Crippen LogP contribution in [0.5, 0.6) is 0 Å². The van der Waals surface area contributed by atoms with Gasteiger partial charge in [-0.05, 0) is 40.9 Å². The number of rotatable bonds is 4. The first-order chi connectivity index (χ1) is 9.70. The summed E-state index contributed by atoms with van der Waals surface area (Å²) in [6, 6.07) is 3.65. The van der Waals surface area contributed by atoms with Crippen molar-refractivity contribution < 1.29 is 9.53 Å².